The summed E-state index contributed by atoms with van der Waals surface area (Å²) in [7, 11) is 1.76. The van der Waals surface area contributed by atoms with Gasteiger partial charge in [0.15, 0.2) is 5.96 Å². The summed E-state index contributed by atoms with van der Waals surface area (Å²) in [6.07, 6.45) is 1.97. The minimum atomic E-state index is -0.222. The van der Waals surface area contributed by atoms with Crippen molar-refractivity contribution in [3.8, 4) is 0 Å². The van der Waals surface area contributed by atoms with Crippen LogP contribution in [-0.4, -0.2) is 32.8 Å². The lowest BCUT2D eigenvalue weighted by Gasteiger charge is -2.38. The van der Waals surface area contributed by atoms with Crippen molar-refractivity contribution in [1.82, 2.24) is 10.6 Å². The van der Waals surface area contributed by atoms with Crippen molar-refractivity contribution in [3.05, 3.63) is 71.5 Å². The van der Waals surface area contributed by atoms with E-state index in [1.165, 1.54) is 17.7 Å². The number of benzene rings is 2. The number of ether oxygens (including phenoxy) is 1. The predicted octanol–water partition coefficient (Wildman–Crippen LogP) is 3.24. The van der Waals surface area contributed by atoms with E-state index in [9.17, 15) is 4.39 Å². The first-order chi connectivity index (χ1) is 12.7. The Labute approximate surface area is 154 Å². The molecular weight excluding hydrogens is 329 g/mol. The summed E-state index contributed by atoms with van der Waals surface area (Å²) in [4.78, 5) is 4.32. The van der Waals surface area contributed by atoms with Crippen LogP contribution in [0.5, 0.6) is 0 Å². The zero-order valence-corrected chi connectivity index (χ0v) is 15.2. The molecule has 0 radical (unpaired) electrons. The van der Waals surface area contributed by atoms with Gasteiger partial charge >= 0.3 is 0 Å². The fraction of sp³-hybridized carbons (Fsp3) is 0.381. The fourth-order valence-electron chi connectivity index (χ4n) is 3.38. The highest BCUT2D eigenvalue weighted by Crippen LogP contribution is 2.34. The van der Waals surface area contributed by atoms with Gasteiger partial charge in [0.1, 0.15) is 5.82 Å². The molecular formula is C21H26FN3O. The third-order valence-electron chi connectivity index (χ3n) is 5.03. The average Bonchev–Trinajstić information content (AvgIpc) is 2.71. The van der Waals surface area contributed by atoms with Gasteiger partial charge in [-0.3, -0.25) is 4.99 Å². The van der Waals surface area contributed by atoms with Crippen LogP contribution >= 0.6 is 0 Å². The van der Waals surface area contributed by atoms with E-state index in [2.05, 4.69) is 39.9 Å². The number of guanidine groups is 1. The van der Waals surface area contributed by atoms with Crippen molar-refractivity contribution in [2.45, 2.75) is 24.8 Å². The molecule has 0 spiro atoms. The Balaban J connectivity index is 1.62. The maximum atomic E-state index is 13.0. The van der Waals surface area contributed by atoms with Gasteiger partial charge in [0.25, 0.3) is 0 Å². The number of hydrogen-bond acceptors (Lipinski definition) is 2. The second-order valence-electron chi connectivity index (χ2n) is 6.66. The third kappa shape index (κ3) is 4.61. The molecule has 0 atom stereocenters. The second-order valence-corrected chi connectivity index (χ2v) is 6.66. The first kappa shape index (κ1) is 18.4. The summed E-state index contributed by atoms with van der Waals surface area (Å²) in [5.74, 6) is 0.525. The third-order valence-corrected chi connectivity index (χ3v) is 5.03. The van der Waals surface area contributed by atoms with E-state index in [0.717, 1.165) is 44.1 Å². The summed E-state index contributed by atoms with van der Waals surface area (Å²) in [6.45, 7) is 2.95. The van der Waals surface area contributed by atoms with Crippen LogP contribution in [0.1, 0.15) is 24.0 Å². The molecule has 1 heterocycles. The van der Waals surface area contributed by atoms with E-state index in [0.29, 0.717) is 6.54 Å². The van der Waals surface area contributed by atoms with Gasteiger partial charge in [0.2, 0.25) is 0 Å². The lowest BCUT2D eigenvalue weighted by Crippen LogP contribution is -2.47. The number of hydrogen-bond donors (Lipinski definition) is 2. The van der Waals surface area contributed by atoms with E-state index >= 15 is 0 Å². The summed E-state index contributed by atoms with van der Waals surface area (Å²) in [5, 5.41) is 6.77. The summed E-state index contributed by atoms with van der Waals surface area (Å²) >= 11 is 0. The fourth-order valence-corrected chi connectivity index (χ4v) is 3.38. The van der Waals surface area contributed by atoms with Gasteiger partial charge in [0.05, 0.1) is 0 Å². The largest absolute Gasteiger partial charge is 0.381 e. The maximum absolute atomic E-state index is 13.0. The highest BCUT2D eigenvalue weighted by atomic mass is 19.1. The summed E-state index contributed by atoms with van der Waals surface area (Å²) in [5.41, 5.74) is 2.40. The molecule has 5 heteroatoms. The smallest absolute Gasteiger partial charge is 0.191 e. The number of nitrogens with zero attached hydrogens (tertiary/aromatic N) is 1. The van der Waals surface area contributed by atoms with Crippen molar-refractivity contribution in [1.29, 1.82) is 0 Å². The first-order valence-corrected chi connectivity index (χ1v) is 9.04. The van der Waals surface area contributed by atoms with Crippen LogP contribution in [-0.2, 0) is 16.7 Å². The molecule has 2 aromatic carbocycles. The van der Waals surface area contributed by atoms with Crippen LogP contribution < -0.4 is 10.6 Å². The van der Waals surface area contributed by atoms with Crippen molar-refractivity contribution < 1.29 is 9.13 Å². The van der Waals surface area contributed by atoms with E-state index in [1.54, 1.807) is 19.2 Å². The lowest BCUT2D eigenvalue weighted by molar-refractivity contribution is 0.0514. The Kier molecular flexibility index (Phi) is 6.23. The van der Waals surface area contributed by atoms with E-state index in [-0.39, 0.29) is 11.2 Å². The Hall–Kier alpha value is -2.40. The summed E-state index contributed by atoms with van der Waals surface area (Å²) < 4.78 is 18.6. The van der Waals surface area contributed by atoms with Gasteiger partial charge in [-0.2, -0.15) is 0 Å². The number of nitrogens with one attached hydrogen (secondary N) is 2. The molecule has 0 unspecified atom stereocenters. The predicted molar refractivity (Wildman–Crippen MR) is 103 cm³/mol. The Morgan fingerprint density at radius 3 is 2.38 bits per heavy atom. The molecule has 2 aromatic rings. The van der Waals surface area contributed by atoms with Gasteiger partial charge in [0, 0.05) is 38.8 Å². The zero-order chi connectivity index (χ0) is 18.2. The number of halogens is 1. The topological polar surface area (TPSA) is 45.7 Å². The van der Waals surface area contributed by atoms with E-state index < -0.39 is 0 Å². The molecule has 2 N–H and O–H groups in total. The van der Waals surface area contributed by atoms with Gasteiger partial charge in [-0.15, -0.1) is 0 Å². The van der Waals surface area contributed by atoms with Crippen molar-refractivity contribution >= 4 is 5.96 Å². The SMILES string of the molecule is CN=C(NCc1ccc(F)cc1)NCC1(c2ccccc2)CCOCC1. The Bertz CT molecular complexity index is 710. The molecule has 26 heavy (non-hydrogen) atoms. The van der Waals surface area contributed by atoms with Crippen LogP contribution in [0.15, 0.2) is 59.6 Å². The molecule has 1 saturated heterocycles. The normalized spacial score (nSPS) is 16.9. The lowest BCUT2D eigenvalue weighted by atomic mass is 9.74. The molecule has 1 aliphatic heterocycles. The van der Waals surface area contributed by atoms with Crippen LogP contribution in [0.25, 0.3) is 0 Å². The maximum Gasteiger partial charge on any atom is 0.191 e. The van der Waals surface area contributed by atoms with Crippen LogP contribution in [0.4, 0.5) is 4.39 Å². The van der Waals surface area contributed by atoms with Crippen LogP contribution in [0.2, 0.25) is 0 Å². The Morgan fingerprint density at radius 2 is 1.73 bits per heavy atom. The minimum Gasteiger partial charge on any atom is -0.381 e. The molecule has 0 aromatic heterocycles. The molecule has 1 aliphatic rings. The highest BCUT2D eigenvalue weighted by molar-refractivity contribution is 5.79. The number of rotatable bonds is 5. The quantitative estimate of drug-likeness (QED) is 0.639. The van der Waals surface area contributed by atoms with E-state index in [1.807, 2.05) is 6.07 Å². The van der Waals surface area contributed by atoms with E-state index in [4.69, 9.17) is 4.74 Å². The first-order valence-electron chi connectivity index (χ1n) is 9.04. The van der Waals surface area contributed by atoms with Gasteiger partial charge in [-0.25, -0.2) is 4.39 Å². The Morgan fingerprint density at radius 1 is 1.04 bits per heavy atom. The standard InChI is InChI=1S/C21H26FN3O/c1-23-20(24-15-17-7-9-19(22)10-8-17)25-16-21(11-13-26-14-12-21)18-5-3-2-4-6-18/h2-10H,11-16H2,1H3,(H2,23,24,25). The van der Waals surface area contributed by atoms with Crippen LogP contribution in [0, 0.1) is 5.82 Å². The molecule has 138 valence electrons. The molecule has 0 bridgehead atoms. The monoisotopic (exact) mass is 355 g/mol. The molecule has 4 nitrogen and oxygen atoms in total. The average molecular weight is 355 g/mol. The summed E-state index contributed by atoms with van der Waals surface area (Å²) in [6, 6.07) is 17.1. The van der Waals surface area contributed by atoms with Gasteiger partial charge < -0.3 is 15.4 Å². The molecule has 3 rings (SSSR count). The van der Waals surface area contributed by atoms with Crippen molar-refractivity contribution in [2.24, 2.45) is 4.99 Å². The van der Waals surface area contributed by atoms with Gasteiger partial charge in [-0.1, -0.05) is 42.5 Å². The van der Waals surface area contributed by atoms with Gasteiger partial charge in [-0.05, 0) is 36.1 Å². The molecule has 0 aliphatic carbocycles. The highest BCUT2D eigenvalue weighted by Gasteiger charge is 2.34. The van der Waals surface area contributed by atoms with Crippen molar-refractivity contribution in [3.63, 3.8) is 0 Å². The zero-order valence-electron chi connectivity index (χ0n) is 15.2. The number of aliphatic imine (C=N–C) groups is 1. The van der Waals surface area contributed by atoms with Crippen LogP contribution in [0.3, 0.4) is 0 Å². The molecule has 0 amide bonds. The molecule has 1 fully saturated rings. The van der Waals surface area contributed by atoms with Crippen molar-refractivity contribution in [2.75, 3.05) is 26.8 Å². The minimum absolute atomic E-state index is 0.0486. The second kappa shape index (κ2) is 8.81. The molecule has 0 saturated carbocycles.